The van der Waals surface area contributed by atoms with Gasteiger partial charge in [-0.1, -0.05) is 59.8 Å². The largest absolute Gasteiger partial charge is 0.480 e. The van der Waals surface area contributed by atoms with Crippen LogP contribution in [0.5, 0.6) is 0 Å². The van der Waals surface area contributed by atoms with E-state index < -0.39 is 12.0 Å². The van der Waals surface area contributed by atoms with Gasteiger partial charge in [0.1, 0.15) is 12.6 Å². The first-order chi connectivity index (χ1) is 10.6. The molecule has 0 amide bonds. The van der Waals surface area contributed by atoms with Gasteiger partial charge < -0.3 is 15.7 Å². The van der Waals surface area contributed by atoms with Crippen molar-refractivity contribution < 1.29 is 14.7 Å². The van der Waals surface area contributed by atoms with Crippen molar-refractivity contribution in [3.05, 3.63) is 71.3 Å². The van der Waals surface area contributed by atoms with E-state index in [0.717, 1.165) is 16.7 Å². The van der Waals surface area contributed by atoms with Gasteiger partial charge >= 0.3 is 5.97 Å². The predicted octanol–water partition coefficient (Wildman–Crippen LogP) is 2.19. The van der Waals surface area contributed by atoms with Crippen LogP contribution in [0.4, 0.5) is 0 Å². The molecule has 0 saturated heterocycles. The number of hydrogen-bond donors (Lipinski definition) is 2. The SMILES string of the molecule is NC(Cc1ccc(CON=Cc2ccccc2)cc1)C(=O)O. The normalized spacial score (nSPS) is 12.2. The lowest BCUT2D eigenvalue weighted by molar-refractivity contribution is -0.138. The molecule has 2 aromatic carbocycles. The molecule has 0 aliphatic carbocycles. The number of carbonyl (C=O) groups is 1. The molecular formula is C17H18N2O3. The van der Waals surface area contributed by atoms with Gasteiger partial charge in [-0.15, -0.1) is 0 Å². The van der Waals surface area contributed by atoms with Crippen molar-refractivity contribution in [2.45, 2.75) is 19.1 Å². The second-order valence-electron chi connectivity index (χ2n) is 4.88. The van der Waals surface area contributed by atoms with Gasteiger partial charge in [-0.2, -0.15) is 0 Å². The van der Waals surface area contributed by atoms with E-state index in [1.165, 1.54) is 0 Å². The molecule has 0 saturated carbocycles. The highest BCUT2D eigenvalue weighted by Gasteiger charge is 2.11. The zero-order valence-corrected chi connectivity index (χ0v) is 12.1. The van der Waals surface area contributed by atoms with Gasteiger partial charge in [-0.3, -0.25) is 4.79 Å². The summed E-state index contributed by atoms with van der Waals surface area (Å²) in [6, 6.07) is 16.3. The number of nitrogens with two attached hydrogens (primary N) is 1. The molecule has 0 radical (unpaired) electrons. The van der Waals surface area contributed by atoms with Crippen LogP contribution in [0.3, 0.4) is 0 Å². The number of aliphatic carboxylic acids is 1. The van der Waals surface area contributed by atoms with Gasteiger partial charge in [0.05, 0.1) is 6.21 Å². The lowest BCUT2D eigenvalue weighted by Crippen LogP contribution is -2.32. The summed E-state index contributed by atoms with van der Waals surface area (Å²) in [5, 5.41) is 12.7. The first kappa shape index (κ1) is 15.7. The third-order valence-corrected chi connectivity index (χ3v) is 3.10. The summed E-state index contributed by atoms with van der Waals surface area (Å²) in [5.41, 5.74) is 8.31. The maximum atomic E-state index is 10.7. The van der Waals surface area contributed by atoms with Gasteiger partial charge in [0.2, 0.25) is 0 Å². The monoisotopic (exact) mass is 298 g/mol. The van der Waals surface area contributed by atoms with Crippen molar-refractivity contribution in [1.29, 1.82) is 0 Å². The van der Waals surface area contributed by atoms with Crippen molar-refractivity contribution in [3.63, 3.8) is 0 Å². The highest BCUT2D eigenvalue weighted by atomic mass is 16.6. The fourth-order valence-electron chi connectivity index (χ4n) is 1.86. The minimum Gasteiger partial charge on any atom is -0.480 e. The Morgan fingerprint density at radius 2 is 1.77 bits per heavy atom. The predicted molar refractivity (Wildman–Crippen MR) is 84.6 cm³/mol. The van der Waals surface area contributed by atoms with Crippen LogP contribution in [0.15, 0.2) is 59.8 Å². The summed E-state index contributed by atoms with van der Waals surface area (Å²) in [4.78, 5) is 15.9. The Balaban J connectivity index is 1.81. The van der Waals surface area contributed by atoms with Crippen LogP contribution < -0.4 is 5.73 Å². The molecule has 0 heterocycles. The lowest BCUT2D eigenvalue weighted by Gasteiger charge is -2.07. The average molecular weight is 298 g/mol. The third-order valence-electron chi connectivity index (χ3n) is 3.10. The molecular weight excluding hydrogens is 280 g/mol. The van der Waals surface area contributed by atoms with E-state index in [1.807, 2.05) is 54.6 Å². The van der Waals surface area contributed by atoms with Crippen LogP contribution in [0.2, 0.25) is 0 Å². The lowest BCUT2D eigenvalue weighted by atomic mass is 10.1. The molecule has 0 spiro atoms. The number of nitrogens with zero attached hydrogens (tertiary/aromatic N) is 1. The Morgan fingerprint density at radius 1 is 1.14 bits per heavy atom. The fourth-order valence-corrected chi connectivity index (χ4v) is 1.86. The van der Waals surface area contributed by atoms with Crippen LogP contribution in [-0.4, -0.2) is 23.3 Å². The van der Waals surface area contributed by atoms with Crippen LogP contribution in [-0.2, 0) is 22.7 Å². The molecule has 0 bridgehead atoms. The summed E-state index contributed by atoms with van der Waals surface area (Å²) in [5.74, 6) is -0.998. The van der Waals surface area contributed by atoms with E-state index in [2.05, 4.69) is 5.16 Å². The maximum Gasteiger partial charge on any atom is 0.320 e. The van der Waals surface area contributed by atoms with Crippen LogP contribution in [0.25, 0.3) is 0 Å². The molecule has 5 heteroatoms. The van der Waals surface area contributed by atoms with Crippen molar-refractivity contribution in [3.8, 4) is 0 Å². The summed E-state index contributed by atoms with van der Waals surface area (Å²) in [6.07, 6.45) is 1.96. The Labute approximate surface area is 129 Å². The van der Waals surface area contributed by atoms with Gasteiger partial charge in [0, 0.05) is 0 Å². The topological polar surface area (TPSA) is 84.9 Å². The highest BCUT2D eigenvalue weighted by molar-refractivity contribution is 5.78. The summed E-state index contributed by atoms with van der Waals surface area (Å²) in [6.45, 7) is 0.356. The molecule has 1 unspecified atom stereocenters. The number of hydrogen-bond acceptors (Lipinski definition) is 4. The Hall–Kier alpha value is -2.66. The smallest absolute Gasteiger partial charge is 0.320 e. The standard InChI is InChI=1S/C17H18N2O3/c18-16(17(20)21)10-13-6-8-15(9-7-13)12-22-19-11-14-4-2-1-3-5-14/h1-9,11,16H,10,12,18H2,(H,20,21). The molecule has 0 aliphatic heterocycles. The summed E-state index contributed by atoms with van der Waals surface area (Å²) >= 11 is 0. The second kappa shape index (κ2) is 7.95. The van der Waals surface area contributed by atoms with Gasteiger partial charge in [0.25, 0.3) is 0 Å². The number of benzene rings is 2. The Kier molecular flexibility index (Phi) is 5.68. The zero-order valence-electron chi connectivity index (χ0n) is 12.1. The molecule has 22 heavy (non-hydrogen) atoms. The second-order valence-corrected chi connectivity index (χ2v) is 4.88. The number of rotatable bonds is 7. The van der Waals surface area contributed by atoms with Crippen molar-refractivity contribution >= 4 is 12.2 Å². The molecule has 1 atom stereocenters. The van der Waals surface area contributed by atoms with E-state index in [1.54, 1.807) is 6.21 Å². The van der Waals surface area contributed by atoms with Gasteiger partial charge in [0.15, 0.2) is 0 Å². The third kappa shape index (κ3) is 5.03. The molecule has 5 nitrogen and oxygen atoms in total. The first-order valence-corrected chi connectivity index (χ1v) is 6.92. The van der Waals surface area contributed by atoms with Crippen molar-refractivity contribution in [2.75, 3.05) is 0 Å². The zero-order chi connectivity index (χ0) is 15.8. The minimum absolute atomic E-state index is 0.308. The molecule has 0 aliphatic rings. The van der Waals surface area contributed by atoms with Gasteiger partial charge in [-0.05, 0) is 23.1 Å². The molecule has 0 fully saturated rings. The number of carboxylic acid groups (broad SMARTS) is 1. The molecule has 3 N–H and O–H groups in total. The molecule has 2 aromatic rings. The van der Waals surface area contributed by atoms with Crippen LogP contribution >= 0.6 is 0 Å². The van der Waals surface area contributed by atoms with E-state index in [4.69, 9.17) is 15.7 Å². The summed E-state index contributed by atoms with van der Waals surface area (Å²) in [7, 11) is 0. The van der Waals surface area contributed by atoms with E-state index in [0.29, 0.717) is 13.0 Å². The highest BCUT2D eigenvalue weighted by Crippen LogP contribution is 2.08. The van der Waals surface area contributed by atoms with Gasteiger partial charge in [-0.25, -0.2) is 0 Å². The van der Waals surface area contributed by atoms with Crippen LogP contribution in [0, 0.1) is 0 Å². The Bertz CT molecular complexity index is 624. The quantitative estimate of drug-likeness (QED) is 0.606. The first-order valence-electron chi connectivity index (χ1n) is 6.92. The molecule has 2 rings (SSSR count). The molecule has 114 valence electrons. The van der Waals surface area contributed by atoms with E-state index in [-0.39, 0.29) is 0 Å². The Morgan fingerprint density at radius 3 is 2.41 bits per heavy atom. The van der Waals surface area contributed by atoms with Crippen molar-refractivity contribution in [1.82, 2.24) is 0 Å². The maximum absolute atomic E-state index is 10.7. The average Bonchev–Trinajstić information content (AvgIpc) is 2.54. The fraction of sp³-hybridized carbons (Fsp3) is 0.176. The van der Waals surface area contributed by atoms with Crippen molar-refractivity contribution in [2.24, 2.45) is 10.9 Å². The molecule has 0 aromatic heterocycles. The van der Waals surface area contributed by atoms with E-state index in [9.17, 15) is 4.79 Å². The van der Waals surface area contributed by atoms with E-state index >= 15 is 0 Å². The minimum atomic E-state index is -0.998. The number of oxime groups is 1. The van der Waals surface area contributed by atoms with Crippen LogP contribution in [0.1, 0.15) is 16.7 Å². The number of carboxylic acids is 1. The summed E-state index contributed by atoms with van der Waals surface area (Å²) < 4.78 is 0.